The molecule has 1 heterocycles. The van der Waals surface area contributed by atoms with E-state index in [1.807, 2.05) is 36.7 Å². The van der Waals surface area contributed by atoms with Crippen LogP contribution in [0.4, 0.5) is 0 Å². The van der Waals surface area contributed by atoms with E-state index in [1.165, 1.54) is 31.2 Å². The Balaban J connectivity index is 1.57. The van der Waals surface area contributed by atoms with Crippen LogP contribution in [0.2, 0.25) is 0 Å². The van der Waals surface area contributed by atoms with Gasteiger partial charge >= 0.3 is 5.97 Å². The Morgan fingerprint density at radius 2 is 1.41 bits per heavy atom. The summed E-state index contributed by atoms with van der Waals surface area (Å²) in [6.45, 7) is 4.47. The van der Waals surface area contributed by atoms with E-state index in [4.69, 9.17) is 14.6 Å². The Morgan fingerprint density at radius 3 is 2.06 bits per heavy atom. The molecule has 0 radical (unpaired) electrons. The standard InChI is InChI=1S/C28H42N2O4/c1-2-19-33-20-11-12-21-34-26-17-15-25(16-18-26)28-29-22-24(23-30-28)13-9-7-5-3-4-6-8-10-14-27(31)32/h15-18,22-23H,2-14,19-21H2,1H3,(H,31,32). The van der Waals surface area contributed by atoms with Gasteiger partial charge in [0.05, 0.1) is 6.61 Å². The molecule has 0 aliphatic rings. The lowest BCUT2D eigenvalue weighted by Gasteiger charge is -2.08. The van der Waals surface area contributed by atoms with Crippen molar-refractivity contribution in [1.82, 2.24) is 9.97 Å². The van der Waals surface area contributed by atoms with E-state index in [0.29, 0.717) is 13.0 Å². The zero-order valence-electron chi connectivity index (χ0n) is 20.8. The van der Waals surface area contributed by atoms with Gasteiger partial charge in [0.25, 0.3) is 0 Å². The Hall–Kier alpha value is -2.47. The highest BCUT2D eigenvalue weighted by Crippen LogP contribution is 2.20. The summed E-state index contributed by atoms with van der Waals surface area (Å²) >= 11 is 0. The van der Waals surface area contributed by atoms with E-state index >= 15 is 0 Å². The summed E-state index contributed by atoms with van der Waals surface area (Å²) in [5.41, 5.74) is 2.18. The molecule has 1 aromatic carbocycles. The van der Waals surface area contributed by atoms with E-state index in [9.17, 15) is 4.79 Å². The van der Waals surface area contributed by atoms with Gasteiger partial charge in [0.15, 0.2) is 5.82 Å². The molecule has 0 atom stereocenters. The highest BCUT2D eigenvalue weighted by atomic mass is 16.5. The molecule has 0 bridgehead atoms. The minimum absolute atomic E-state index is 0.302. The normalized spacial score (nSPS) is 11.0. The third-order valence-electron chi connectivity index (χ3n) is 5.72. The van der Waals surface area contributed by atoms with Gasteiger partial charge in [0.1, 0.15) is 5.75 Å². The number of nitrogens with zero attached hydrogens (tertiary/aromatic N) is 2. The van der Waals surface area contributed by atoms with Crippen molar-refractivity contribution >= 4 is 5.97 Å². The number of aliphatic carboxylic acids is 1. The predicted molar refractivity (Wildman–Crippen MR) is 136 cm³/mol. The summed E-state index contributed by atoms with van der Waals surface area (Å²) in [5.74, 6) is 0.927. The number of carboxylic acid groups (broad SMARTS) is 1. The molecular weight excluding hydrogens is 428 g/mol. The van der Waals surface area contributed by atoms with Crippen molar-refractivity contribution in [3.63, 3.8) is 0 Å². The molecule has 0 fully saturated rings. The van der Waals surface area contributed by atoms with Crippen molar-refractivity contribution in [3.8, 4) is 17.1 Å². The van der Waals surface area contributed by atoms with Crippen molar-refractivity contribution in [3.05, 3.63) is 42.2 Å². The van der Waals surface area contributed by atoms with Crippen LogP contribution in [0.1, 0.15) is 89.5 Å². The van der Waals surface area contributed by atoms with Crippen LogP contribution in [0.15, 0.2) is 36.7 Å². The van der Waals surface area contributed by atoms with E-state index < -0.39 is 5.97 Å². The molecule has 2 aromatic rings. The SMILES string of the molecule is CCCOCCCCOc1ccc(-c2ncc(CCCCCCCCCCC(=O)O)cn2)cc1. The van der Waals surface area contributed by atoms with Gasteiger partial charge in [-0.15, -0.1) is 0 Å². The fourth-order valence-electron chi connectivity index (χ4n) is 3.74. The molecule has 0 saturated carbocycles. The average molecular weight is 471 g/mol. The highest BCUT2D eigenvalue weighted by Gasteiger charge is 2.03. The number of unbranched alkanes of at least 4 members (excludes halogenated alkanes) is 8. The number of benzene rings is 1. The smallest absolute Gasteiger partial charge is 0.303 e. The van der Waals surface area contributed by atoms with E-state index in [1.54, 1.807) is 0 Å². The quantitative estimate of drug-likeness (QED) is 0.213. The Morgan fingerprint density at radius 1 is 0.794 bits per heavy atom. The summed E-state index contributed by atoms with van der Waals surface area (Å²) < 4.78 is 11.3. The molecule has 6 nitrogen and oxygen atoms in total. The molecule has 2 rings (SSSR count). The lowest BCUT2D eigenvalue weighted by molar-refractivity contribution is -0.137. The monoisotopic (exact) mass is 470 g/mol. The summed E-state index contributed by atoms with van der Waals surface area (Å²) in [6, 6.07) is 7.98. The summed E-state index contributed by atoms with van der Waals surface area (Å²) in [5, 5.41) is 8.63. The number of carbonyl (C=O) groups is 1. The molecule has 0 amide bonds. The van der Waals surface area contributed by atoms with Crippen LogP contribution in [0.25, 0.3) is 11.4 Å². The van der Waals surface area contributed by atoms with Crippen LogP contribution in [-0.2, 0) is 16.0 Å². The van der Waals surface area contributed by atoms with Crippen LogP contribution in [0.3, 0.4) is 0 Å². The van der Waals surface area contributed by atoms with Crippen LogP contribution in [0.5, 0.6) is 5.75 Å². The number of carboxylic acids is 1. The number of aryl methyl sites for hydroxylation is 1. The minimum atomic E-state index is -0.685. The van der Waals surface area contributed by atoms with Crippen molar-refractivity contribution in [2.24, 2.45) is 0 Å². The molecule has 1 aromatic heterocycles. The fourth-order valence-corrected chi connectivity index (χ4v) is 3.74. The predicted octanol–water partition coefficient (Wildman–Crippen LogP) is 6.87. The van der Waals surface area contributed by atoms with Gasteiger partial charge in [-0.05, 0) is 68.4 Å². The Bertz CT molecular complexity index is 778. The van der Waals surface area contributed by atoms with Crippen molar-refractivity contribution in [2.75, 3.05) is 19.8 Å². The second kappa shape index (κ2) is 17.9. The van der Waals surface area contributed by atoms with E-state index in [2.05, 4.69) is 16.9 Å². The van der Waals surface area contributed by atoms with Crippen LogP contribution < -0.4 is 4.74 Å². The molecule has 0 unspecified atom stereocenters. The molecule has 0 aliphatic carbocycles. The van der Waals surface area contributed by atoms with Gasteiger partial charge < -0.3 is 14.6 Å². The maximum absolute atomic E-state index is 10.5. The number of rotatable bonds is 20. The Labute approximate surface area is 205 Å². The molecule has 0 saturated heterocycles. The van der Waals surface area contributed by atoms with Crippen LogP contribution in [0, 0.1) is 0 Å². The third-order valence-corrected chi connectivity index (χ3v) is 5.72. The maximum Gasteiger partial charge on any atom is 0.303 e. The molecule has 0 aliphatic heterocycles. The van der Waals surface area contributed by atoms with Gasteiger partial charge in [-0.25, -0.2) is 9.97 Å². The number of hydrogen-bond donors (Lipinski definition) is 1. The Kier molecular flexibility index (Phi) is 14.6. The van der Waals surface area contributed by atoms with Crippen molar-refractivity contribution < 1.29 is 19.4 Å². The van der Waals surface area contributed by atoms with E-state index in [0.717, 1.165) is 81.7 Å². The molecular formula is C28H42N2O4. The largest absolute Gasteiger partial charge is 0.494 e. The average Bonchev–Trinajstić information content (AvgIpc) is 2.85. The maximum atomic E-state index is 10.5. The molecule has 34 heavy (non-hydrogen) atoms. The molecule has 6 heteroatoms. The highest BCUT2D eigenvalue weighted by molar-refractivity contribution is 5.66. The van der Waals surface area contributed by atoms with Crippen LogP contribution >= 0.6 is 0 Å². The van der Waals surface area contributed by atoms with Gasteiger partial charge in [-0.3, -0.25) is 4.79 Å². The number of ether oxygens (including phenoxy) is 2. The van der Waals surface area contributed by atoms with Gasteiger partial charge in [0.2, 0.25) is 0 Å². The van der Waals surface area contributed by atoms with Gasteiger partial charge in [-0.2, -0.15) is 0 Å². The first-order chi connectivity index (χ1) is 16.7. The second-order valence-electron chi connectivity index (χ2n) is 8.83. The van der Waals surface area contributed by atoms with Crippen molar-refractivity contribution in [1.29, 1.82) is 0 Å². The summed E-state index contributed by atoms with van der Waals surface area (Å²) in [6.07, 6.45) is 17.3. The summed E-state index contributed by atoms with van der Waals surface area (Å²) in [7, 11) is 0. The van der Waals surface area contributed by atoms with E-state index in [-0.39, 0.29) is 0 Å². The van der Waals surface area contributed by atoms with Gasteiger partial charge in [0, 0.05) is 37.6 Å². The first kappa shape index (κ1) is 27.8. The molecule has 1 N–H and O–H groups in total. The molecule has 188 valence electrons. The zero-order chi connectivity index (χ0) is 24.3. The number of aromatic nitrogens is 2. The second-order valence-corrected chi connectivity index (χ2v) is 8.83. The summed E-state index contributed by atoms with van der Waals surface area (Å²) in [4.78, 5) is 19.6. The molecule has 0 spiro atoms. The number of hydrogen-bond acceptors (Lipinski definition) is 5. The third kappa shape index (κ3) is 12.7. The fraction of sp³-hybridized carbons (Fsp3) is 0.607. The lowest BCUT2D eigenvalue weighted by atomic mass is 10.0. The topological polar surface area (TPSA) is 81.5 Å². The first-order valence-corrected chi connectivity index (χ1v) is 13.0. The van der Waals surface area contributed by atoms with Gasteiger partial charge in [-0.1, -0.05) is 45.4 Å². The van der Waals surface area contributed by atoms with Crippen LogP contribution in [-0.4, -0.2) is 40.9 Å². The lowest BCUT2D eigenvalue weighted by Crippen LogP contribution is -2.01. The zero-order valence-corrected chi connectivity index (χ0v) is 20.8. The first-order valence-electron chi connectivity index (χ1n) is 13.0. The minimum Gasteiger partial charge on any atom is -0.494 e. The van der Waals surface area contributed by atoms with Crippen molar-refractivity contribution in [2.45, 2.75) is 90.4 Å².